The number of nitrogens with one attached hydrogen (secondary N) is 2. The molecule has 2 aromatic rings. The van der Waals surface area contributed by atoms with Gasteiger partial charge in [-0.3, -0.25) is 9.59 Å². The average molecular weight is 331 g/mol. The zero-order chi connectivity index (χ0) is 16.6. The Hall–Kier alpha value is -1.95. The van der Waals surface area contributed by atoms with Gasteiger partial charge < -0.3 is 15.2 Å². The van der Waals surface area contributed by atoms with Crippen LogP contribution in [0.15, 0.2) is 18.2 Å². The zero-order valence-electron chi connectivity index (χ0n) is 13.6. The predicted octanol–water partition coefficient (Wildman–Crippen LogP) is 2.16. The Balaban J connectivity index is 1.85. The molecule has 1 aromatic carbocycles. The number of likely N-dealkylation sites (N-methyl/N-ethyl adjacent to an activating group) is 1. The molecular formula is C17H21N3O2S. The Bertz CT molecular complexity index is 767. The van der Waals surface area contributed by atoms with E-state index in [0.717, 1.165) is 28.8 Å². The standard InChI is InChI=1S/C17H21N3O2S/c1-10(17(22)20(2)3)18-16(21)11-4-5-14-12(8-11)13-9-23-7-6-15(13)19-14/h4-5,8,10,19H,6-7,9H2,1-3H3,(H,18,21)/t10-/m0/s1. The molecule has 0 unspecified atom stereocenters. The number of amides is 2. The maximum absolute atomic E-state index is 12.4. The topological polar surface area (TPSA) is 65.2 Å². The number of hydrogen-bond donors (Lipinski definition) is 2. The fourth-order valence-corrected chi connectivity index (χ4v) is 3.93. The van der Waals surface area contributed by atoms with Crippen molar-refractivity contribution in [2.75, 3.05) is 19.8 Å². The number of rotatable bonds is 3. The molecule has 2 heterocycles. The first-order valence-corrected chi connectivity index (χ1v) is 8.86. The van der Waals surface area contributed by atoms with Crippen molar-refractivity contribution in [1.82, 2.24) is 15.2 Å². The molecule has 1 aliphatic rings. The number of H-pyrrole nitrogens is 1. The van der Waals surface area contributed by atoms with Crippen molar-refractivity contribution in [2.24, 2.45) is 0 Å². The molecule has 2 amide bonds. The summed E-state index contributed by atoms with van der Waals surface area (Å²) in [7, 11) is 3.36. The molecule has 1 aromatic heterocycles. The molecule has 0 radical (unpaired) electrons. The molecule has 5 nitrogen and oxygen atoms in total. The molecule has 23 heavy (non-hydrogen) atoms. The number of aromatic nitrogens is 1. The summed E-state index contributed by atoms with van der Waals surface area (Å²) in [4.78, 5) is 29.2. The zero-order valence-corrected chi connectivity index (χ0v) is 14.4. The van der Waals surface area contributed by atoms with Gasteiger partial charge in [-0.1, -0.05) is 0 Å². The third-order valence-electron chi connectivity index (χ3n) is 4.16. The summed E-state index contributed by atoms with van der Waals surface area (Å²) in [5.74, 6) is 1.79. The number of aryl methyl sites for hydroxylation is 1. The lowest BCUT2D eigenvalue weighted by Crippen LogP contribution is -2.44. The normalized spacial score (nSPS) is 15.1. The molecule has 0 bridgehead atoms. The van der Waals surface area contributed by atoms with Crippen LogP contribution in [0.3, 0.4) is 0 Å². The molecule has 0 saturated carbocycles. The fraction of sp³-hybridized carbons (Fsp3) is 0.412. The summed E-state index contributed by atoms with van der Waals surface area (Å²) in [5.41, 5.74) is 4.26. The highest BCUT2D eigenvalue weighted by Crippen LogP contribution is 2.31. The molecule has 0 spiro atoms. The number of nitrogens with zero attached hydrogens (tertiary/aromatic N) is 1. The smallest absolute Gasteiger partial charge is 0.251 e. The summed E-state index contributed by atoms with van der Waals surface area (Å²) in [6.07, 6.45) is 1.05. The summed E-state index contributed by atoms with van der Waals surface area (Å²) >= 11 is 1.92. The van der Waals surface area contributed by atoms with E-state index >= 15 is 0 Å². The third kappa shape index (κ3) is 3.08. The van der Waals surface area contributed by atoms with Crippen LogP contribution < -0.4 is 5.32 Å². The van der Waals surface area contributed by atoms with Crippen LogP contribution in [-0.4, -0.2) is 47.6 Å². The Morgan fingerprint density at radius 1 is 1.35 bits per heavy atom. The molecule has 0 aliphatic carbocycles. The number of thioether (sulfide) groups is 1. The maximum atomic E-state index is 12.4. The van der Waals surface area contributed by atoms with Gasteiger partial charge in [-0.25, -0.2) is 0 Å². The van der Waals surface area contributed by atoms with Crippen LogP contribution in [0.1, 0.15) is 28.5 Å². The minimum Gasteiger partial charge on any atom is -0.358 e. The summed E-state index contributed by atoms with van der Waals surface area (Å²) < 4.78 is 0. The van der Waals surface area contributed by atoms with E-state index in [0.29, 0.717) is 5.56 Å². The summed E-state index contributed by atoms with van der Waals surface area (Å²) in [6.45, 7) is 1.70. The predicted molar refractivity (Wildman–Crippen MR) is 93.8 cm³/mol. The van der Waals surface area contributed by atoms with Crippen molar-refractivity contribution < 1.29 is 9.59 Å². The van der Waals surface area contributed by atoms with Gasteiger partial charge in [-0.05, 0) is 42.9 Å². The first kappa shape index (κ1) is 15.9. The Morgan fingerprint density at radius 3 is 2.87 bits per heavy atom. The number of carbonyl (C=O) groups excluding carboxylic acids is 2. The van der Waals surface area contributed by atoms with Crippen molar-refractivity contribution >= 4 is 34.5 Å². The van der Waals surface area contributed by atoms with Gasteiger partial charge in [0, 0.05) is 42.0 Å². The minimum absolute atomic E-state index is 0.116. The summed E-state index contributed by atoms with van der Waals surface area (Å²) in [6, 6.07) is 5.15. The highest BCUT2D eigenvalue weighted by atomic mass is 32.2. The lowest BCUT2D eigenvalue weighted by Gasteiger charge is -2.18. The first-order valence-electron chi connectivity index (χ1n) is 7.70. The largest absolute Gasteiger partial charge is 0.358 e. The lowest BCUT2D eigenvalue weighted by atomic mass is 10.1. The number of fused-ring (bicyclic) bond motifs is 3. The van der Waals surface area contributed by atoms with E-state index in [2.05, 4.69) is 10.3 Å². The molecule has 0 fully saturated rings. The quantitative estimate of drug-likeness (QED) is 0.906. The van der Waals surface area contributed by atoms with Crippen molar-refractivity contribution in [2.45, 2.75) is 25.1 Å². The van der Waals surface area contributed by atoms with Gasteiger partial charge in [0.05, 0.1) is 0 Å². The molecule has 0 saturated heterocycles. The number of hydrogen-bond acceptors (Lipinski definition) is 3. The molecule has 3 rings (SSSR count). The van der Waals surface area contributed by atoms with Gasteiger partial charge in [-0.2, -0.15) is 11.8 Å². The molecule has 122 valence electrons. The lowest BCUT2D eigenvalue weighted by molar-refractivity contribution is -0.130. The van der Waals surface area contributed by atoms with Gasteiger partial charge in [-0.15, -0.1) is 0 Å². The van der Waals surface area contributed by atoms with Gasteiger partial charge in [0.2, 0.25) is 5.91 Å². The van der Waals surface area contributed by atoms with E-state index in [-0.39, 0.29) is 11.8 Å². The molecular weight excluding hydrogens is 310 g/mol. The third-order valence-corrected chi connectivity index (χ3v) is 5.14. The van der Waals surface area contributed by atoms with Crippen molar-refractivity contribution in [3.63, 3.8) is 0 Å². The van der Waals surface area contributed by atoms with Crippen LogP contribution >= 0.6 is 11.8 Å². The van der Waals surface area contributed by atoms with E-state index < -0.39 is 6.04 Å². The highest BCUT2D eigenvalue weighted by molar-refractivity contribution is 7.98. The van der Waals surface area contributed by atoms with Gasteiger partial charge in [0.25, 0.3) is 5.91 Å². The van der Waals surface area contributed by atoms with Gasteiger partial charge >= 0.3 is 0 Å². The number of benzene rings is 1. The van der Waals surface area contributed by atoms with E-state index in [1.54, 1.807) is 27.1 Å². The van der Waals surface area contributed by atoms with E-state index in [9.17, 15) is 9.59 Å². The highest BCUT2D eigenvalue weighted by Gasteiger charge is 2.20. The van der Waals surface area contributed by atoms with Crippen LogP contribution in [0.2, 0.25) is 0 Å². The maximum Gasteiger partial charge on any atom is 0.251 e. The first-order chi connectivity index (χ1) is 11.0. The van der Waals surface area contributed by atoms with Crippen LogP contribution in [0, 0.1) is 0 Å². The average Bonchev–Trinajstić information content (AvgIpc) is 2.91. The van der Waals surface area contributed by atoms with Crippen molar-refractivity contribution in [3.8, 4) is 0 Å². The van der Waals surface area contributed by atoms with E-state index in [4.69, 9.17) is 0 Å². The van der Waals surface area contributed by atoms with Crippen molar-refractivity contribution in [3.05, 3.63) is 35.0 Å². The van der Waals surface area contributed by atoms with Crippen LogP contribution in [-0.2, 0) is 17.0 Å². The van der Waals surface area contributed by atoms with Crippen molar-refractivity contribution in [1.29, 1.82) is 0 Å². The van der Waals surface area contributed by atoms with Crippen LogP contribution in [0.5, 0.6) is 0 Å². The Morgan fingerprint density at radius 2 is 2.13 bits per heavy atom. The number of aromatic amines is 1. The molecule has 2 N–H and O–H groups in total. The molecule has 1 atom stereocenters. The second-order valence-corrected chi connectivity index (χ2v) is 7.18. The molecule has 6 heteroatoms. The van der Waals surface area contributed by atoms with Gasteiger partial charge in [0.15, 0.2) is 0 Å². The minimum atomic E-state index is -0.538. The second kappa shape index (κ2) is 6.28. The van der Waals surface area contributed by atoms with Crippen LogP contribution in [0.4, 0.5) is 0 Å². The summed E-state index contributed by atoms with van der Waals surface area (Å²) in [5, 5.41) is 3.89. The number of carbonyl (C=O) groups is 2. The van der Waals surface area contributed by atoms with E-state index in [1.807, 2.05) is 23.9 Å². The fourth-order valence-electron chi connectivity index (χ4n) is 2.90. The molecule has 1 aliphatic heterocycles. The Kier molecular flexibility index (Phi) is 4.35. The van der Waals surface area contributed by atoms with E-state index in [1.165, 1.54) is 16.2 Å². The van der Waals surface area contributed by atoms with Crippen LogP contribution in [0.25, 0.3) is 10.9 Å². The monoisotopic (exact) mass is 331 g/mol. The SMILES string of the molecule is C[C@H](NC(=O)c1ccc2[nH]c3c(c2c1)CSCC3)C(=O)N(C)C. The Labute approximate surface area is 139 Å². The van der Waals surface area contributed by atoms with Gasteiger partial charge in [0.1, 0.15) is 6.04 Å². The second-order valence-electron chi connectivity index (χ2n) is 6.07.